The van der Waals surface area contributed by atoms with Gasteiger partial charge in [-0.1, -0.05) is 32.7 Å². The van der Waals surface area contributed by atoms with E-state index < -0.39 is 0 Å². The Bertz CT molecular complexity index is 928. The van der Waals surface area contributed by atoms with Crippen molar-refractivity contribution in [1.82, 2.24) is 10.1 Å². The van der Waals surface area contributed by atoms with Crippen LogP contribution in [0.1, 0.15) is 19.2 Å². The Morgan fingerprint density at radius 3 is 2.74 bits per heavy atom. The van der Waals surface area contributed by atoms with Crippen molar-refractivity contribution < 1.29 is 14.1 Å². The smallest absolute Gasteiger partial charge is 0.227 e. The second-order valence-corrected chi connectivity index (χ2v) is 6.96. The van der Waals surface area contributed by atoms with Crippen molar-refractivity contribution in [2.45, 2.75) is 19.8 Å². The highest BCUT2D eigenvalue weighted by molar-refractivity contribution is 9.10. The largest absolute Gasteiger partial charge is 0.494 e. The zero-order valence-electron chi connectivity index (χ0n) is 14.5. The number of carbonyl (C=O) groups is 1. The molecular formula is C19H17BrClN3O3. The number of amides is 1. The van der Waals surface area contributed by atoms with Gasteiger partial charge < -0.3 is 14.6 Å². The summed E-state index contributed by atoms with van der Waals surface area (Å²) in [6.07, 6.45) is 0.543. The highest BCUT2D eigenvalue weighted by atomic mass is 79.9. The van der Waals surface area contributed by atoms with Crippen LogP contribution < -0.4 is 10.1 Å². The van der Waals surface area contributed by atoms with Crippen LogP contribution >= 0.6 is 27.5 Å². The van der Waals surface area contributed by atoms with Gasteiger partial charge in [0.25, 0.3) is 0 Å². The minimum Gasteiger partial charge on any atom is -0.494 e. The molecule has 1 amide bonds. The number of halogens is 2. The normalized spacial score (nSPS) is 10.6. The minimum atomic E-state index is -0.181. The molecule has 0 fully saturated rings. The van der Waals surface area contributed by atoms with Crippen molar-refractivity contribution in [1.29, 1.82) is 0 Å². The molecule has 0 atom stereocenters. The Balaban J connectivity index is 1.56. The first-order valence-electron chi connectivity index (χ1n) is 8.36. The van der Waals surface area contributed by atoms with Crippen LogP contribution in [0.5, 0.6) is 5.75 Å². The summed E-state index contributed by atoms with van der Waals surface area (Å²) in [5.74, 6) is 1.48. The number of hydrogen-bond donors (Lipinski definition) is 1. The van der Waals surface area contributed by atoms with Crippen molar-refractivity contribution in [2.24, 2.45) is 0 Å². The molecule has 2 aromatic carbocycles. The lowest BCUT2D eigenvalue weighted by atomic mass is 10.2. The molecule has 0 aliphatic rings. The van der Waals surface area contributed by atoms with Crippen molar-refractivity contribution in [3.8, 4) is 17.1 Å². The summed E-state index contributed by atoms with van der Waals surface area (Å²) < 4.78 is 11.5. The molecule has 3 rings (SSSR count). The van der Waals surface area contributed by atoms with Crippen LogP contribution in [0.15, 0.2) is 51.5 Å². The maximum atomic E-state index is 12.1. The predicted octanol–water partition coefficient (Wildman–Crippen LogP) is 5.12. The Morgan fingerprint density at radius 2 is 2.04 bits per heavy atom. The zero-order valence-corrected chi connectivity index (χ0v) is 16.9. The van der Waals surface area contributed by atoms with E-state index in [0.29, 0.717) is 35.5 Å². The molecule has 0 unspecified atom stereocenters. The summed E-state index contributed by atoms with van der Waals surface area (Å²) in [5.41, 5.74) is 1.38. The predicted molar refractivity (Wildman–Crippen MR) is 107 cm³/mol. The monoisotopic (exact) mass is 449 g/mol. The lowest BCUT2D eigenvalue weighted by Gasteiger charge is -2.06. The van der Waals surface area contributed by atoms with Crippen LogP contribution in [0.25, 0.3) is 11.4 Å². The number of nitrogens with zero attached hydrogens (tertiary/aromatic N) is 2. The van der Waals surface area contributed by atoms with E-state index in [1.165, 1.54) is 0 Å². The van der Waals surface area contributed by atoms with Crippen molar-refractivity contribution in [3.05, 3.63) is 57.9 Å². The van der Waals surface area contributed by atoms with E-state index in [2.05, 4.69) is 31.4 Å². The SMILES string of the molecule is CCOc1ccc(-c2noc(CCC(=O)Nc3ccc(Br)cc3Cl)n2)cc1. The van der Waals surface area contributed by atoms with Crippen molar-refractivity contribution in [2.75, 3.05) is 11.9 Å². The molecular weight excluding hydrogens is 434 g/mol. The zero-order chi connectivity index (χ0) is 19.2. The first kappa shape index (κ1) is 19.4. The Morgan fingerprint density at radius 1 is 1.26 bits per heavy atom. The molecule has 0 radical (unpaired) electrons. The molecule has 8 heteroatoms. The van der Waals surface area contributed by atoms with E-state index in [0.717, 1.165) is 15.8 Å². The lowest BCUT2D eigenvalue weighted by molar-refractivity contribution is -0.116. The number of aryl methyl sites for hydroxylation is 1. The second kappa shape index (κ2) is 9.01. The van der Waals surface area contributed by atoms with Gasteiger partial charge in [0, 0.05) is 22.9 Å². The van der Waals surface area contributed by atoms with Crippen LogP contribution in [0.4, 0.5) is 5.69 Å². The van der Waals surface area contributed by atoms with E-state index in [1.54, 1.807) is 12.1 Å². The number of hydrogen-bond acceptors (Lipinski definition) is 5. The Labute approximate surface area is 170 Å². The van der Waals surface area contributed by atoms with Crippen molar-refractivity contribution in [3.63, 3.8) is 0 Å². The number of rotatable bonds is 7. The van der Waals surface area contributed by atoms with Gasteiger partial charge in [-0.2, -0.15) is 4.98 Å². The standard InChI is InChI=1S/C19H17BrClN3O3/c1-2-26-14-6-3-12(4-7-14)19-23-18(27-24-19)10-9-17(25)22-16-8-5-13(20)11-15(16)21/h3-8,11H,2,9-10H2,1H3,(H,22,25). The third-order valence-corrected chi connectivity index (χ3v) is 4.47. The van der Waals surface area contributed by atoms with Gasteiger partial charge in [-0.3, -0.25) is 4.79 Å². The van der Waals surface area contributed by atoms with Crippen LogP contribution in [-0.2, 0) is 11.2 Å². The first-order valence-corrected chi connectivity index (χ1v) is 9.53. The van der Waals surface area contributed by atoms with E-state index >= 15 is 0 Å². The Kier molecular flexibility index (Phi) is 6.47. The van der Waals surface area contributed by atoms with Crippen LogP contribution in [0.3, 0.4) is 0 Å². The van der Waals surface area contributed by atoms with Gasteiger partial charge in [0.1, 0.15) is 5.75 Å². The second-order valence-electron chi connectivity index (χ2n) is 5.64. The fourth-order valence-corrected chi connectivity index (χ4v) is 3.09. The molecule has 27 heavy (non-hydrogen) atoms. The van der Waals surface area contributed by atoms with Crippen LogP contribution in [-0.4, -0.2) is 22.7 Å². The van der Waals surface area contributed by atoms with E-state index in [9.17, 15) is 4.79 Å². The van der Waals surface area contributed by atoms with Gasteiger partial charge in [-0.05, 0) is 49.4 Å². The highest BCUT2D eigenvalue weighted by Crippen LogP contribution is 2.26. The molecule has 1 heterocycles. The number of aromatic nitrogens is 2. The number of carbonyl (C=O) groups excluding carboxylic acids is 1. The molecule has 0 saturated heterocycles. The summed E-state index contributed by atoms with van der Waals surface area (Å²) in [6, 6.07) is 12.7. The van der Waals surface area contributed by atoms with Crippen LogP contribution in [0, 0.1) is 0 Å². The van der Waals surface area contributed by atoms with Crippen molar-refractivity contribution >= 4 is 39.1 Å². The molecule has 1 aromatic heterocycles. The van der Waals surface area contributed by atoms with Gasteiger partial charge in [-0.25, -0.2) is 0 Å². The summed E-state index contributed by atoms with van der Waals surface area (Å²) in [5, 5.41) is 7.20. The molecule has 1 N–H and O–H groups in total. The third kappa shape index (κ3) is 5.30. The molecule has 6 nitrogen and oxygen atoms in total. The number of nitrogens with one attached hydrogen (secondary N) is 1. The summed E-state index contributed by atoms with van der Waals surface area (Å²) in [7, 11) is 0. The van der Waals surface area contributed by atoms with Gasteiger partial charge in [0.05, 0.1) is 17.3 Å². The highest BCUT2D eigenvalue weighted by Gasteiger charge is 2.12. The maximum Gasteiger partial charge on any atom is 0.227 e. The van der Waals surface area contributed by atoms with Gasteiger partial charge in [0.2, 0.25) is 17.6 Å². The molecule has 3 aromatic rings. The van der Waals surface area contributed by atoms with E-state index in [-0.39, 0.29) is 12.3 Å². The molecule has 0 aliphatic carbocycles. The van der Waals surface area contributed by atoms with Gasteiger partial charge in [-0.15, -0.1) is 0 Å². The molecule has 0 saturated carbocycles. The lowest BCUT2D eigenvalue weighted by Crippen LogP contribution is -2.12. The fraction of sp³-hybridized carbons (Fsp3) is 0.211. The topological polar surface area (TPSA) is 77.2 Å². The van der Waals surface area contributed by atoms with Gasteiger partial charge in [0.15, 0.2) is 0 Å². The maximum absolute atomic E-state index is 12.1. The minimum absolute atomic E-state index is 0.181. The molecule has 0 spiro atoms. The summed E-state index contributed by atoms with van der Waals surface area (Å²) >= 11 is 9.42. The summed E-state index contributed by atoms with van der Waals surface area (Å²) in [4.78, 5) is 16.4. The third-order valence-electron chi connectivity index (χ3n) is 3.66. The van der Waals surface area contributed by atoms with E-state index in [1.807, 2.05) is 37.3 Å². The first-order chi connectivity index (χ1) is 13.0. The fourth-order valence-electron chi connectivity index (χ4n) is 2.36. The Hall–Kier alpha value is -2.38. The summed E-state index contributed by atoms with van der Waals surface area (Å²) in [6.45, 7) is 2.54. The number of ether oxygens (including phenoxy) is 1. The van der Waals surface area contributed by atoms with Crippen LogP contribution in [0.2, 0.25) is 5.02 Å². The number of anilines is 1. The molecule has 140 valence electrons. The number of benzene rings is 2. The molecule has 0 bridgehead atoms. The molecule has 0 aliphatic heterocycles. The van der Waals surface area contributed by atoms with E-state index in [4.69, 9.17) is 20.9 Å². The quantitative estimate of drug-likeness (QED) is 0.540. The average Bonchev–Trinajstić information content (AvgIpc) is 3.12. The van der Waals surface area contributed by atoms with Gasteiger partial charge >= 0.3 is 0 Å². The average molecular weight is 451 g/mol.